The molecule has 0 spiro atoms. The minimum Gasteiger partial charge on any atom is -0.346 e. The first-order chi connectivity index (χ1) is 16.6. The minimum absolute atomic E-state index is 0.242. The van der Waals surface area contributed by atoms with Gasteiger partial charge in [-0.1, -0.05) is 42.5 Å². The summed E-state index contributed by atoms with van der Waals surface area (Å²) in [4.78, 5) is 42.4. The van der Waals surface area contributed by atoms with Crippen molar-refractivity contribution < 1.29 is 14.4 Å². The summed E-state index contributed by atoms with van der Waals surface area (Å²) in [5.41, 5.74) is 2.70. The molecule has 0 aliphatic rings. The molecule has 0 radical (unpaired) electrons. The van der Waals surface area contributed by atoms with Crippen molar-refractivity contribution in [2.24, 2.45) is 0 Å². The molecule has 168 valence electrons. The molecule has 0 unspecified atom stereocenters. The minimum atomic E-state index is -0.364. The van der Waals surface area contributed by atoms with Crippen LogP contribution in [-0.4, -0.2) is 22.7 Å². The zero-order valence-corrected chi connectivity index (χ0v) is 18.2. The summed E-state index contributed by atoms with van der Waals surface area (Å²) in [5.74, 6) is -1.02. The average molecular weight is 450 g/mol. The summed E-state index contributed by atoms with van der Waals surface area (Å²) in [6.07, 6.45) is 1.65. The third-order valence-corrected chi connectivity index (χ3v) is 4.94. The second kappa shape index (κ2) is 10.7. The van der Waals surface area contributed by atoms with Gasteiger partial charge in [0.25, 0.3) is 17.7 Å². The van der Waals surface area contributed by atoms with Crippen LogP contribution in [-0.2, 0) is 6.54 Å². The molecule has 0 atom stereocenters. The Morgan fingerprint density at radius 3 is 1.62 bits per heavy atom. The van der Waals surface area contributed by atoms with Crippen LogP contribution in [0.5, 0.6) is 0 Å². The molecule has 3 N–H and O–H groups in total. The number of carbonyl (C=O) groups excluding carboxylic acids is 3. The maximum Gasteiger partial charge on any atom is 0.255 e. The second-order valence-electron chi connectivity index (χ2n) is 7.44. The van der Waals surface area contributed by atoms with Crippen LogP contribution in [0, 0.1) is 0 Å². The number of pyridine rings is 1. The third-order valence-electron chi connectivity index (χ3n) is 4.94. The van der Waals surface area contributed by atoms with Crippen molar-refractivity contribution in [1.82, 2.24) is 10.3 Å². The van der Waals surface area contributed by atoms with E-state index in [4.69, 9.17) is 0 Å². The van der Waals surface area contributed by atoms with E-state index in [2.05, 4.69) is 20.9 Å². The van der Waals surface area contributed by atoms with E-state index < -0.39 is 0 Å². The molecule has 7 heteroatoms. The van der Waals surface area contributed by atoms with Crippen LogP contribution in [0.15, 0.2) is 103 Å². The summed E-state index contributed by atoms with van der Waals surface area (Å²) in [7, 11) is 0. The van der Waals surface area contributed by atoms with Gasteiger partial charge in [-0.05, 0) is 54.6 Å². The Morgan fingerprint density at radius 2 is 1.12 bits per heavy atom. The third kappa shape index (κ3) is 5.92. The van der Waals surface area contributed by atoms with Crippen LogP contribution in [0.4, 0.5) is 11.4 Å². The van der Waals surface area contributed by atoms with E-state index in [9.17, 15) is 14.4 Å². The van der Waals surface area contributed by atoms with E-state index in [-0.39, 0.29) is 29.8 Å². The van der Waals surface area contributed by atoms with Gasteiger partial charge < -0.3 is 16.0 Å². The largest absolute Gasteiger partial charge is 0.346 e. The fraction of sp³-hybridized carbons (Fsp3) is 0.0370. The number of benzene rings is 3. The van der Waals surface area contributed by atoms with Crippen LogP contribution in [0.25, 0.3) is 0 Å². The molecule has 4 rings (SSSR count). The normalized spacial score (nSPS) is 10.2. The highest BCUT2D eigenvalue weighted by Crippen LogP contribution is 2.21. The second-order valence-corrected chi connectivity index (χ2v) is 7.44. The van der Waals surface area contributed by atoms with Gasteiger partial charge in [0.2, 0.25) is 0 Å². The van der Waals surface area contributed by atoms with Gasteiger partial charge in [-0.25, -0.2) is 0 Å². The Hall–Kier alpha value is -4.78. The first-order valence-electron chi connectivity index (χ1n) is 10.6. The lowest BCUT2D eigenvalue weighted by Gasteiger charge is -2.13. The van der Waals surface area contributed by atoms with E-state index in [1.807, 2.05) is 24.3 Å². The van der Waals surface area contributed by atoms with Gasteiger partial charge in [0.05, 0.1) is 12.2 Å². The zero-order valence-electron chi connectivity index (χ0n) is 18.2. The van der Waals surface area contributed by atoms with Crippen molar-refractivity contribution in [3.63, 3.8) is 0 Å². The molecular weight excluding hydrogens is 428 g/mol. The summed E-state index contributed by atoms with van der Waals surface area (Å²) in [6.45, 7) is 0.242. The van der Waals surface area contributed by atoms with Crippen molar-refractivity contribution in [3.8, 4) is 0 Å². The fourth-order valence-corrected chi connectivity index (χ4v) is 3.26. The Labute approximate surface area is 196 Å². The molecule has 0 saturated heterocycles. The highest BCUT2D eigenvalue weighted by molar-refractivity contribution is 6.08. The molecule has 3 aromatic carbocycles. The monoisotopic (exact) mass is 450 g/mol. The highest BCUT2D eigenvalue weighted by atomic mass is 16.2. The zero-order chi connectivity index (χ0) is 23.8. The number of amides is 3. The lowest BCUT2D eigenvalue weighted by Crippen LogP contribution is -2.24. The van der Waals surface area contributed by atoms with E-state index in [1.54, 1.807) is 79.0 Å². The molecule has 7 nitrogen and oxygen atoms in total. The van der Waals surface area contributed by atoms with Gasteiger partial charge >= 0.3 is 0 Å². The van der Waals surface area contributed by atoms with Gasteiger partial charge in [0, 0.05) is 34.3 Å². The predicted octanol–water partition coefficient (Wildman–Crippen LogP) is 4.52. The summed E-state index contributed by atoms with van der Waals surface area (Å²) in [5, 5.41) is 8.41. The molecule has 0 fully saturated rings. The van der Waals surface area contributed by atoms with E-state index in [1.165, 1.54) is 0 Å². The van der Waals surface area contributed by atoms with Crippen molar-refractivity contribution in [1.29, 1.82) is 0 Å². The van der Waals surface area contributed by atoms with Gasteiger partial charge in [-0.3, -0.25) is 19.4 Å². The standard InChI is InChI=1S/C27H22N4O3/c32-25(29-18-22-13-7-8-14-28-22)21-15-23(30-26(33)19-9-3-1-4-10-19)17-24(16-21)31-27(34)20-11-5-2-6-12-20/h1-17H,18H2,(H,29,32)(H,30,33)(H,31,34). The number of nitrogens with zero attached hydrogens (tertiary/aromatic N) is 1. The van der Waals surface area contributed by atoms with E-state index >= 15 is 0 Å². The number of hydrogen-bond donors (Lipinski definition) is 3. The van der Waals surface area contributed by atoms with Crippen molar-refractivity contribution in [3.05, 3.63) is 126 Å². The first kappa shape index (κ1) is 22.4. The van der Waals surface area contributed by atoms with Gasteiger partial charge in [-0.15, -0.1) is 0 Å². The Morgan fingerprint density at radius 1 is 0.588 bits per heavy atom. The molecule has 34 heavy (non-hydrogen) atoms. The number of nitrogens with one attached hydrogen (secondary N) is 3. The van der Waals surface area contributed by atoms with Crippen LogP contribution in [0.2, 0.25) is 0 Å². The molecule has 3 amide bonds. The van der Waals surface area contributed by atoms with Gasteiger partial charge in [0.15, 0.2) is 0 Å². The maximum atomic E-state index is 12.9. The lowest BCUT2D eigenvalue weighted by molar-refractivity contribution is 0.0948. The smallest absolute Gasteiger partial charge is 0.255 e. The maximum absolute atomic E-state index is 12.9. The van der Waals surface area contributed by atoms with E-state index in [0.29, 0.717) is 28.2 Å². The quantitative estimate of drug-likeness (QED) is 0.386. The highest BCUT2D eigenvalue weighted by Gasteiger charge is 2.14. The van der Waals surface area contributed by atoms with Crippen LogP contribution in [0.3, 0.4) is 0 Å². The Kier molecular flexibility index (Phi) is 7.05. The van der Waals surface area contributed by atoms with Gasteiger partial charge in [0.1, 0.15) is 0 Å². The summed E-state index contributed by atoms with van der Waals surface area (Å²) >= 11 is 0. The topological polar surface area (TPSA) is 100 Å². The molecule has 0 bridgehead atoms. The van der Waals surface area contributed by atoms with Crippen LogP contribution in [0.1, 0.15) is 36.8 Å². The fourth-order valence-electron chi connectivity index (χ4n) is 3.26. The number of carbonyl (C=O) groups is 3. The molecule has 0 saturated carbocycles. The first-order valence-corrected chi connectivity index (χ1v) is 10.6. The molecule has 1 aromatic heterocycles. The lowest BCUT2D eigenvalue weighted by atomic mass is 10.1. The van der Waals surface area contributed by atoms with E-state index in [0.717, 1.165) is 0 Å². The van der Waals surface area contributed by atoms with Crippen molar-refractivity contribution >= 4 is 29.1 Å². The van der Waals surface area contributed by atoms with Crippen molar-refractivity contribution in [2.45, 2.75) is 6.54 Å². The predicted molar refractivity (Wildman–Crippen MR) is 131 cm³/mol. The van der Waals surface area contributed by atoms with Gasteiger partial charge in [-0.2, -0.15) is 0 Å². The SMILES string of the molecule is O=C(NCc1ccccn1)c1cc(NC(=O)c2ccccc2)cc(NC(=O)c2ccccc2)c1. The molecule has 1 heterocycles. The number of hydrogen-bond acceptors (Lipinski definition) is 4. The molecule has 0 aliphatic heterocycles. The average Bonchev–Trinajstić information content (AvgIpc) is 2.88. The summed E-state index contributed by atoms with van der Waals surface area (Å²) < 4.78 is 0. The molecule has 0 aliphatic carbocycles. The van der Waals surface area contributed by atoms with Crippen LogP contribution >= 0.6 is 0 Å². The number of rotatable bonds is 7. The van der Waals surface area contributed by atoms with Crippen LogP contribution < -0.4 is 16.0 Å². The number of anilines is 2. The van der Waals surface area contributed by atoms with Crippen molar-refractivity contribution in [2.75, 3.05) is 10.6 Å². The molecule has 4 aromatic rings. The molecular formula is C27H22N4O3. The number of aromatic nitrogens is 1. The Bertz CT molecular complexity index is 1220. The summed E-state index contributed by atoms with van der Waals surface area (Å²) in [6, 6.07) is 27.6. The Balaban J connectivity index is 1.57.